The summed E-state index contributed by atoms with van der Waals surface area (Å²) in [5.41, 5.74) is 7.31. The Bertz CT molecular complexity index is 2270. The Morgan fingerprint density at radius 3 is 1.11 bits per heavy atom. The number of rotatable bonds is 18. The van der Waals surface area contributed by atoms with Crippen molar-refractivity contribution in [2.45, 2.75) is 89.8 Å². The fourth-order valence-electron chi connectivity index (χ4n) is 7.72. The van der Waals surface area contributed by atoms with E-state index < -0.39 is 37.4 Å². The van der Waals surface area contributed by atoms with E-state index in [0.717, 1.165) is 62.2 Å². The summed E-state index contributed by atoms with van der Waals surface area (Å²) in [6, 6.07) is 34.2. The molecule has 6 aromatic carbocycles. The zero-order valence-electron chi connectivity index (χ0n) is 35.6. The van der Waals surface area contributed by atoms with Crippen molar-refractivity contribution in [3.8, 4) is 33.8 Å². The molecule has 0 bridgehead atoms. The molecule has 0 N–H and O–H groups in total. The third-order valence-electron chi connectivity index (χ3n) is 11.1. The predicted molar refractivity (Wildman–Crippen MR) is 231 cm³/mol. The molecule has 6 rings (SSSR count). The first-order chi connectivity index (χ1) is 30.1. The molecular weight excluding hydrogens is 825 g/mol. The summed E-state index contributed by atoms with van der Waals surface area (Å²) in [4.78, 5) is 0. The summed E-state index contributed by atoms with van der Waals surface area (Å²) in [6.07, 6.45) is -10.5. The first-order valence-electron chi connectivity index (χ1n) is 20.9. The molecule has 2 atom stereocenters. The molecule has 3 nitrogen and oxygen atoms in total. The summed E-state index contributed by atoms with van der Waals surface area (Å²) >= 11 is 0. The predicted octanol–water partition coefficient (Wildman–Crippen LogP) is 14.4. The van der Waals surface area contributed by atoms with Crippen LogP contribution >= 0.6 is 0 Å². The molecule has 11 heteroatoms. The average Bonchev–Trinajstić information content (AvgIpc) is 3.24. The Kier molecular flexibility index (Phi) is 15.5. The van der Waals surface area contributed by atoms with Gasteiger partial charge in [0.2, 0.25) is 0 Å². The number of methoxy groups -OCH3 is 2. The highest BCUT2D eigenvalue weighted by Gasteiger charge is 2.41. The van der Waals surface area contributed by atoms with Crippen LogP contribution in [0.3, 0.4) is 0 Å². The van der Waals surface area contributed by atoms with Crippen LogP contribution in [0.5, 0.6) is 11.5 Å². The lowest BCUT2D eigenvalue weighted by molar-refractivity contribution is -0.212. The molecule has 0 amide bonds. The van der Waals surface area contributed by atoms with Crippen LogP contribution in [0.25, 0.3) is 22.3 Å². The Hall–Kier alpha value is -5.52. The lowest BCUT2D eigenvalue weighted by atomic mass is 9.96. The zero-order chi connectivity index (χ0) is 45.3. The van der Waals surface area contributed by atoms with Gasteiger partial charge in [-0.15, -0.1) is 0 Å². The maximum Gasteiger partial charge on any atom is 0.414 e. The van der Waals surface area contributed by atoms with Crippen LogP contribution in [0.4, 0.5) is 35.1 Å². The minimum atomic E-state index is -4.61. The maximum absolute atomic E-state index is 15.1. The topological polar surface area (TPSA) is 27.7 Å². The van der Waals surface area contributed by atoms with Gasteiger partial charge in [-0.05, 0) is 92.7 Å². The SMILES string of the molecule is CCCc1ccc(-c2ccc(Cc3cc(CC(OC)C(F)(F)F)ccc3Oc3ccc(CC(OC)C(F)(F)F)cc3Cc3ccc(-c4ccc(CCC)cc4F)cc3)cc2)c(F)c1. The molecule has 63 heavy (non-hydrogen) atoms. The number of benzene rings is 6. The van der Waals surface area contributed by atoms with Crippen molar-refractivity contribution < 1.29 is 49.3 Å². The normalized spacial score (nSPS) is 13.0. The van der Waals surface area contributed by atoms with E-state index in [9.17, 15) is 26.3 Å². The molecule has 0 spiro atoms. The van der Waals surface area contributed by atoms with Crippen molar-refractivity contribution in [2.75, 3.05) is 14.2 Å². The fourth-order valence-corrected chi connectivity index (χ4v) is 7.72. The molecule has 332 valence electrons. The molecule has 2 unspecified atom stereocenters. The third-order valence-corrected chi connectivity index (χ3v) is 11.1. The third kappa shape index (κ3) is 12.4. The number of alkyl halides is 6. The lowest BCUT2D eigenvalue weighted by Gasteiger charge is -2.21. The highest BCUT2D eigenvalue weighted by atomic mass is 19.4. The first kappa shape index (κ1) is 47.0. The quantitative estimate of drug-likeness (QED) is 0.0805. The summed E-state index contributed by atoms with van der Waals surface area (Å²) in [5, 5.41) is 0. The Labute approximate surface area is 363 Å². The summed E-state index contributed by atoms with van der Waals surface area (Å²) < 4.78 is 129. The largest absolute Gasteiger partial charge is 0.457 e. The molecule has 0 heterocycles. The van der Waals surface area contributed by atoms with Crippen molar-refractivity contribution >= 4 is 0 Å². The van der Waals surface area contributed by atoms with Crippen LogP contribution in [0.1, 0.15) is 71.2 Å². The number of ether oxygens (including phenoxy) is 3. The van der Waals surface area contributed by atoms with E-state index in [1.54, 1.807) is 60.7 Å². The molecule has 0 aromatic heterocycles. The highest BCUT2D eigenvalue weighted by molar-refractivity contribution is 5.66. The zero-order valence-corrected chi connectivity index (χ0v) is 35.6. The van der Waals surface area contributed by atoms with E-state index in [2.05, 4.69) is 0 Å². The average molecular weight is 875 g/mol. The molecule has 0 saturated carbocycles. The monoisotopic (exact) mass is 874 g/mol. The summed E-state index contributed by atoms with van der Waals surface area (Å²) in [6.45, 7) is 4.05. The van der Waals surface area contributed by atoms with Crippen molar-refractivity contribution in [3.63, 3.8) is 0 Å². The van der Waals surface area contributed by atoms with Gasteiger partial charge < -0.3 is 14.2 Å². The van der Waals surface area contributed by atoms with Gasteiger partial charge in [0, 0.05) is 51.0 Å². The van der Waals surface area contributed by atoms with E-state index in [1.165, 1.54) is 24.3 Å². The minimum Gasteiger partial charge on any atom is -0.457 e. The van der Waals surface area contributed by atoms with Crippen molar-refractivity contribution in [3.05, 3.63) is 177 Å². The Morgan fingerprint density at radius 2 is 0.794 bits per heavy atom. The van der Waals surface area contributed by atoms with Gasteiger partial charge in [-0.2, -0.15) is 26.3 Å². The number of hydrogen-bond acceptors (Lipinski definition) is 3. The summed E-state index contributed by atoms with van der Waals surface area (Å²) in [5.74, 6) is -0.0424. The van der Waals surface area contributed by atoms with Gasteiger partial charge in [-0.3, -0.25) is 0 Å². The second-order valence-corrected chi connectivity index (χ2v) is 15.8. The smallest absolute Gasteiger partial charge is 0.414 e. The van der Waals surface area contributed by atoms with E-state index in [4.69, 9.17) is 14.2 Å². The second-order valence-electron chi connectivity index (χ2n) is 15.8. The number of hydrogen-bond donors (Lipinski definition) is 0. The van der Waals surface area contributed by atoms with Gasteiger partial charge in [0.15, 0.2) is 12.2 Å². The van der Waals surface area contributed by atoms with Crippen LogP contribution in [-0.2, 0) is 48.0 Å². The maximum atomic E-state index is 15.1. The summed E-state index contributed by atoms with van der Waals surface area (Å²) in [7, 11) is 2.01. The minimum absolute atomic E-state index is 0.219. The van der Waals surface area contributed by atoms with Gasteiger partial charge in [-0.1, -0.05) is 124 Å². The second kappa shape index (κ2) is 20.8. The van der Waals surface area contributed by atoms with E-state index in [1.807, 2.05) is 50.2 Å². The van der Waals surface area contributed by atoms with Gasteiger partial charge in [0.25, 0.3) is 0 Å². The van der Waals surface area contributed by atoms with Crippen molar-refractivity contribution in [1.82, 2.24) is 0 Å². The first-order valence-corrected chi connectivity index (χ1v) is 20.9. The molecule has 0 aliphatic rings. The highest BCUT2D eigenvalue weighted by Crippen LogP contribution is 2.36. The van der Waals surface area contributed by atoms with Crippen molar-refractivity contribution in [1.29, 1.82) is 0 Å². The lowest BCUT2D eigenvalue weighted by Crippen LogP contribution is -2.32. The number of aryl methyl sites for hydroxylation is 2. The Morgan fingerprint density at radius 1 is 0.444 bits per heavy atom. The van der Waals surface area contributed by atoms with Crippen LogP contribution in [0.2, 0.25) is 0 Å². The van der Waals surface area contributed by atoms with E-state index in [-0.39, 0.29) is 24.5 Å². The van der Waals surface area contributed by atoms with E-state index in [0.29, 0.717) is 56.0 Å². The molecule has 6 aromatic rings. The van der Waals surface area contributed by atoms with Crippen LogP contribution < -0.4 is 4.74 Å². The van der Waals surface area contributed by atoms with Gasteiger partial charge in [-0.25, -0.2) is 8.78 Å². The fraction of sp³-hybridized carbons (Fsp3) is 0.308. The molecule has 0 aliphatic carbocycles. The van der Waals surface area contributed by atoms with Gasteiger partial charge >= 0.3 is 12.4 Å². The molecule has 0 fully saturated rings. The molecule has 0 radical (unpaired) electrons. The Balaban J connectivity index is 1.35. The number of halogens is 8. The van der Waals surface area contributed by atoms with Crippen LogP contribution in [0.15, 0.2) is 121 Å². The van der Waals surface area contributed by atoms with Gasteiger partial charge in [0.1, 0.15) is 23.1 Å². The van der Waals surface area contributed by atoms with Crippen LogP contribution in [-0.4, -0.2) is 38.8 Å². The molecule has 0 saturated heterocycles. The van der Waals surface area contributed by atoms with Gasteiger partial charge in [0.05, 0.1) is 0 Å². The standard InChI is InChI=1S/C52H50F8O3/c1-5-7-33-13-21-43(45(53)29-33)39-17-9-35(10-18-39)25-41-27-37(31-49(61-3)51(55,56)57)15-23-47(41)63-48-24-16-38(32-50(62-4)52(58,59)60)28-42(48)26-36-11-19-40(20-12-36)44-22-14-34(8-6-2)30-46(44)54/h9-24,27-30,49-50H,5-8,25-26,31-32H2,1-4H3. The molecule has 0 aliphatic heterocycles. The van der Waals surface area contributed by atoms with Crippen molar-refractivity contribution in [2.24, 2.45) is 0 Å². The van der Waals surface area contributed by atoms with Crippen LogP contribution in [0, 0.1) is 11.6 Å². The van der Waals surface area contributed by atoms with E-state index >= 15 is 8.78 Å². The molecular formula is C52H50F8O3.